The largest absolute Gasteiger partial charge is 0.395 e. The van der Waals surface area contributed by atoms with Crippen LogP contribution in [0.4, 0.5) is 0 Å². The highest BCUT2D eigenvalue weighted by molar-refractivity contribution is 4.71. The van der Waals surface area contributed by atoms with Crippen molar-refractivity contribution in [1.82, 2.24) is 9.80 Å². The van der Waals surface area contributed by atoms with Crippen LogP contribution in [-0.4, -0.2) is 60.8 Å². The van der Waals surface area contributed by atoms with Gasteiger partial charge in [0.25, 0.3) is 0 Å². The smallest absolute Gasteiger partial charge is 0.0558 e. The third-order valence-electron chi connectivity index (χ3n) is 3.39. The fourth-order valence-electron chi connectivity index (χ4n) is 2.27. The van der Waals surface area contributed by atoms with E-state index in [1.165, 1.54) is 38.9 Å². The van der Waals surface area contributed by atoms with Crippen LogP contribution in [0.25, 0.3) is 0 Å². The van der Waals surface area contributed by atoms with Gasteiger partial charge in [0.05, 0.1) is 6.61 Å². The van der Waals surface area contributed by atoms with E-state index in [1.807, 2.05) is 0 Å². The van der Waals surface area contributed by atoms with E-state index in [0.29, 0.717) is 6.61 Å². The molecule has 0 unspecified atom stereocenters. The maximum atomic E-state index is 8.85. The first-order valence-electron chi connectivity index (χ1n) is 6.78. The fourth-order valence-corrected chi connectivity index (χ4v) is 2.27. The molecule has 0 aliphatic carbocycles. The minimum atomic E-state index is 0.300. The maximum Gasteiger partial charge on any atom is 0.0558 e. The molecule has 16 heavy (non-hydrogen) atoms. The van der Waals surface area contributed by atoms with Gasteiger partial charge >= 0.3 is 0 Å². The van der Waals surface area contributed by atoms with Gasteiger partial charge in [-0.1, -0.05) is 26.7 Å². The summed E-state index contributed by atoms with van der Waals surface area (Å²) in [5, 5.41) is 8.85. The number of piperazine rings is 1. The van der Waals surface area contributed by atoms with E-state index in [-0.39, 0.29) is 0 Å². The van der Waals surface area contributed by atoms with E-state index in [0.717, 1.165) is 25.6 Å². The second kappa shape index (κ2) is 8.04. The first kappa shape index (κ1) is 13.9. The average molecular weight is 228 g/mol. The van der Waals surface area contributed by atoms with Crippen LogP contribution in [0.2, 0.25) is 0 Å². The summed E-state index contributed by atoms with van der Waals surface area (Å²) in [6.45, 7) is 11.6. The lowest BCUT2D eigenvalue weighted by Gasteiger charge is -2.34. The number of hydrogen-bond acceptors (Lipinski definition) is 3. The van der Waals surface area contributed by atoms with Crippen molar-refractivity contribution in [1.29, 1.82) is 0 Å². The summed E-state index contributed by atoms with van der Waals surface area (Å²) in [4.78, 5) is 4.92. The van der Waals surface area contributed by atoms with Gasteiger partial charge < -0.3 is 10.0 Å². The van der Waals surface area contributed by atoms with E-state index in [9.17, 15) is 0 Å². The highest BCUT2D eigenvalue weighted by Gasteiger charge is 2.15. The lowest BCUT2D eigenvalue weighted by Crippen LogP contribution is -2.47. The number of unbranched alkanes of at least 4 members (excludes halogenated alkanes) is 1. The molecule has 1 N–H and O–H groups in total. The number of aliphatic hydroxyl groups excluding tert-OH is 1. The molecule has 1 saturated heterocycles. The second-order valence-corrected chi connectivity index (χ2v) is 5.30. The van der Waals surface area contributed by atoms with E-state index in [2.05, 4.69) is 23.6 Å². The lowest BCUT2D eigenvalue weighted by molar-refractivity contribution is 0.111. The van der Waals surface area contributed by atoms with Gasteiger partial charge in [-0.3, -0.25) is 4.90 Å². The molecule has 0 aromatic rings. The third kappa shape index (κ3) is 5.83. The molecule has 0 saturated carbocycles. The summed E-state index contributed by atoms with van der Waals surface area (Å²) < 4.78 is 0. The Labute approximate surface area is 100 Å². The Morgan fingerprint density at radius 3 is 2.00 bits per heavy atom. The van der Waals surface area contributed by atoms with Crippen LogP contribution in [0, 0.1) is 5.92 Å². The predicted molar refractivity (Wildman–Crippen MR) is 68.7 cm³/mol. The van der Waals surface area contributed by atoms with Gasteiger partial charge in [0.15, 0.2) is 0 Å². The van der Waals surface area contributed by atoms with Crippen LogP contribution in [0.15, 0.2) is 0 Å². The van der Waals surface area contributed by atoms with Crippen molar-refractivity contribution in [2.24, 2.45) is 5.92 Å². The highest BCUT2D eigenvalue weighted by atomic mass is 16.3. The van der Waals surface area contributed by atoms with Crippen LogP contribution >= 0.6 is 0 Å². The molecule has 1 fully saturated rings. The molecular weight excluding hydrogens is 200 g/mol. The Morgan fingerprint density at radius 2 is 1.50 bits per heavy atom. The van der Waals surface area contributed by atoms with Crippen molar-refractivity contribution in [3.8, 4) is 0 Å². The van der Waals surface area contributed by atoms with E-state index in [1.54, 1.807) is 0 Å². The van der Waals surface area contributed by atoms with Crippen molar-refractivity contribution in [3.63, 3.8) is 0 Å². The van der Waals surface area contributed by atoms with Crippen molar-refractivity contribution < 1.29 is 5.11 Å². The molecular formula is C13H28N2O. The molecule has 96 valence electrons. The molecule has 1 rings (SSSR count). The number of rotatable bonds is 7. The van der Waals surface area contributed by atoms with E-state index >= 15 is 0 Å². The van der Waals surface area contributed by atoms with Crippen LogP contribution in [0.3, 0.4) is 0 Å². The Kier molecular flexibility index (Phi) is 7.01. The molecule has 1 aliphatic rings. The van der Waals surface area contributed by atoms with Gasteiger partial charge in [0, 0.05) is 32.7 Å². The SMILES string of the molecule is CC(C)CCCCN1CCN(CCO)CC1. The van der Waals surface area contributed by atoms with Crippen LogP contribution in [-0.2, 0) is 0 Å². The molecule has 1 aliphatic heterocycles. The summed E-state index contributed by atoms with van der Waals surface area (Å²) in [5.41, 5.74) is 0. The average Bonchev–Trinajstić information content (AvgIpc) is 2.27. The summed E-state index contributed by atoms with van der Waals surface area (Å²) in [6.07, 6.45) is 4.08. The van der Waals surface area contributed by atoms with Gasteiger partial charge in [-0.25, -0.2) is 0 Å². The molecule has 0 aromatic carbocycles. The number of β-amino-alcohol motifs (C(OH)–C–C–N with tert-alkyl or cyclic N) is 1. The topological polar surface area (TPSA) is 26.7 Å². The standard InChI is InChI=1S/C13H28N2O/c1-13(2)5-3-4-6-14-7-9-15(10-8-14)11-12-16/h13,16H,3-12H2,1-2H3. The summed E-state index contributed by atoms with van der Waals surface area (Å²) in [7, 11) is 0. The van der Waals surface area contributed by atoms with Crippen molar-refractivity contribution in [3.05, 3.63) is 0 Å². The van der Waals surface area contributed by atoms with Gasteiger partial charge in [-0.15, -0.1) is 0 Å². The summed E-state index contributed by atoms with van der Waals surface area (Å²) >= 11 is 0. The van der Waals surface area contributed by atoms with Crippen molar-refractivity contribution in [2.45, 2.75) is 33.1 Å². The normalized spacial score (nSPS) is 19.5. The summed E-state index contributed by atoms with van der Waals surface area (Å²) in [6, 6.07) is 0. The lowest BCUT2D eigenvalue weighted by atomic mass is 10.1. The van der Waals surface area contributed by atoms with Crippen LogP contribution in [0.5, 0.6) is 0 Å². The van der Waals surface area contributed by atoms with Gasteiger partial charge in [0.2, 0.25) is 0 Å². The molecule has 0 radical (unpaired) electrons. The Balaban J connectivity index is 1.99. The zero-order valence-corrected chi connectivity index (χ0v) is 11.0. The first-order chi connectivity index (χ1) is 7.72. The maximum absolute atomic E-state index is 8.85. The first-order valence-corrected chi connectivity index (χ1v) is 6.78. The van der Waals surface area contributed by atoms with E-state index in [4.69, 9.17) is 5.11 Å². The molecule has 0 bridgehead atoms. The molecule has 3 heteroatoms. The fraction of sp³-hybridized carbons (Fsp3) is 1.00. The number of aliphatic hydroxyl groups is 1. The molecule has 3 nitrogen and oxygen atoms in total. The highest BCUT2D eigenvalue weighted by Crippen LogP contribution is 2.08. The molecule has 0 atom stereocenters. The minimum Gasteiger partial charge on any atom is -0.395 e. The third-order valence-corrected chi connectivity index (χ3v) is 3.39. The van der Waals surface area contributed by atoms with Gasteiger partial charge in [0.1, 0.15) is 0 Å². The number of nitrogens with zero attached hydrogens (tertiary/aromatic N) is 2. The summed E-state index contributed by atoms with van der Waals surface area (Å²) in [5.74, 6) is 0.849. The van der Waals surface area contributed by atoms with Gasteiger partial charge in [-0.05, 0) is 18.9 Å². The predicted octanol–water partition coefficient (Wildman–Crippen LogP) is 1.42. The van der Waals surface area contributed by atoms with Crippen LogP contribution in [0.1, 0.15) is 33.1 Å². The van der Waals surface area contributed by atoms with Crippen molar-refractivity contribution in [2.75, 3.05) is 45.9 Å². The Hall–Kier alpha value is -0.120. The zero-order valence-electron chi connectivity index (χ0n) is 11.0. The quantitative estimate of drug-likeness (QED) is 0.668. The zero-order chi connectivity index (χ0) is 11.8. The van der Waals surface area contributed by atoms with E-state index < -0.39 is 0 Å². The second-order valence-electron chi connectivity index (χ2n) is 5.30. The molecule has 1 heterocycles. The Morgan fingerprint density at radius 1 is 0.938 bits per heavy atom. The van der Waals surface area contributed by atoms with Gasteiger partial charge in [-0.2, -0.15) is 0 Å². The molecule has 0 aromatic heterocycles. The molecule has 0 spiro atoms. The van der Waals surface area contributed by atoms with Crippen molar-refractivity contribution >= 4 is 0 Å². The molecule has 0 amide bonds. The van der Waals surface area contributed by atoms with Crippen LogP contribution < -0.4 is 0 Å². The Bertz CT molecular complexity index is 165. The minimum absolute atomic E-state index is 0.300. The number of hydrogen-bond donors (Lipinski definition) is 1. The monoisotopic (exact) mass is 228 g/mol.